The number of rotatable bonds is 5. The maximum atomic E-state index is 12.6. The lowest BCUT2D eigenvalue weighted by atomic mass is 10.2. The second-order valence-electron chi connectivity index (χ2n) is 5.14. The van der Waals surface area contributed by atoms with Gasteiger partial charge in [-0.25, -0.2) is 0 Å². The average Bonchev–Trinajstić information content (AvgIpc) is 3.21. The van der Waals surface area contributed by atoms with Crippen LogP contribution in [0.1, 0.15) is 41.6 Å². The van der Waals surface area contributed by atoms with E-state index >= 15 is 0 Å². The standard InChI is InChI=1S/C16H18N2O2/c1-2-14-5-6-15(20-14)16(19)18(13-3-4-13)11-12-7-9-17-10-8-12/h5-10,13H,2-4,11H2,1H3. The third-order valence-electron chi connectivity index (χ3n) is 3.57. The summed E-state index contributed by atoms with van der Waals surface area (Å²) in [5.74, 6) is 1.29. The van der Waals surface area contributed by atoms with E-state index in [9.17, 15) is 4.79 Å². The topological polar surface area (TPSA) is 46.3 Å². The third-order valence-corrected chi connectivity index (χ3v) is 3.57. The zero-order chi connectivity index (χ0) is 13.9. The second-order valence-corrected chi connectivity index (χ2v) is 5.14. The van der Waals surface area contributed by atoms with Crippen LogP contribution in [-0.2, 0) is 13.0 Å². The lowest BCUT2D eigenvalue weighted by Gasteiger charge is -2.21. The summed E-state index contributed by atoms with van der Waals surface area (Å²) in [7, 11) is 0. The van der Waals surface area contributed by atoms with Gasteiger partial charge in [-0.2, -0.15) is 0 Å². The molecule has 1 saturated carbocycles. The van der Waals surface area contributed by atoms with Gasteiger partial charge < -0.3 is 9.32 Å². The Hall–Kier alpha value is -2.10. The fourth-order valence-electron chi connectivity index (χ4n) is 2.26. The van der Waals surface area contributed by atoms with Crippen LogP contribution in [0.3, 0.4) is 0 Å². The van der Waals surface area contributed by atoms with Crippen molar-refractivity contribution in [3.05, 3.63) is 53.7 Å². The molecule has 1 aliphatic rings. The predicted molar refractivity (Wildman–Crippen MR) is 75.2 cm³/mol. The van der Waals surface area contributed by atoms with Gasteiger partial charge in [0, 0.05) is 31.4 Å². The van der Waals surface area contributed by atoms with Gasteiger partial charge in [-0.1, -0.05) is 6.92 Å². The summed E-state index contributed by atoms with van der Waals surface area (Å²) in [4.78, 5) is 18.5. The van der Waals surface area contributed by atoms with Gasteiger partial charge in [-0.15, -0.1) is 0 Å². The smallest absolute Gasteiger partial charge is 0.290 e. The molecule has 0 aromatic carbocycles. The van der Waals surface area contributed by atoms with Crippen LogP contribution < -0.4 is 0 Å². The van der Waals surface area contributed by atoms with Crippen molar-refractivity contribution in [2.75, 3.05) is 0 Å². The zero-order valence-electron chi connectivity index (χ0n) is 11.6. The van der Waals surface area contributed by atoms with Gasteiger partial charge >= 0.3 is 0 Å². The molecule has 0 aliphatic heterocycles. The fraction of sp³-hybridized carbons (Fsp3) is 0.375. The second kappa shape index (κ2) is 5.49. The molecule has 2 aromatic heterocycles. The molecular weight excluding hydrogens is 252 g/mol. The molecule has 20 heavy (non-hydrogen) atoms. The lowest BCUT2D eigenvalue weighted by molar-refractivity contribution is 0.0695. The third kappa shape index (κ3) is 2.74. The molecule has 0 saturated heterocycles. The fourth-order valence-corrected chi connectivity index (χ4v) is 2.26. The molecule has 4 nitrogen and oxygen atoms in total. The van der Waals surface area contributed by atoms with E-state index in [4.69, 9.17) is 4.42 Å². The highest BCUT2D eigenvalue weighted by atomic mass is 16.4. The minimum atomic E-state index is -0.0102. The van der Waals surface area contributed by atoms with E-state index in [1.54, 1.807) is 18.5 Å². The minimum absolute atomic E-state index is 0.0102. The Morgan fingerprint density at radius 2 is 2.05 bits per heavy atom. The maximum Gasteiger partial charge on any atom is 0.290 e. The van der Waals surface area contributed by atoms with E-state index in [-0.39, 0.29) is 5.91 Å². The minimum Gasteiger partial charge on any atom is -0.456 e. The number of furan rings is 1. The van der Waals surface area contributed by atoms with Crippen molar-refractivity contribution in [1.29, 1.82) is 0 Å². The first-order chi connectivity index (χ1) is 9.78. The van der Waals surface area contributed by atoms with Crippen molar-refractivity contribution in [2.24, 2.45) is 0 Å². The number of aromatic nitrogens is 1. The predicted octanol–water partition coefficient (Wildman–Crippen LogP) is 3.04. The molecule has 0 radical (unpaired) electrons. The molecule has 1 fully saturated rings. The molecule has 2 aromatic rings. The molecule has 1 amide bonds. The number of pyridine rings is 1. The number of hydrogen-bond donors (Lipinski definition) is 0. The summed E-state index contributed by atoms with van der Waals surface area (Å²) >= 11 is 0. The quantitative estimate of drug-likeness (QED) is 0.839. The van der Waals surface area contributed by atoms with E-state index in [1.807, 2.05) is 30.0 Å². The Morgan fingerprint density at radius 3 is 2.65 bits per heavy atom. The molecule has 3 rings (SSSR count). The number of carbonyl (C=O) groups is 1. The number of aryl methyl sites for hydroxylation is 1. The van der Waals surface area contributed by atoms with Gasteiger partial charge in [0.05, 0.1) is 0 Å². The highest BCUT2D eigenvalue weighted by Gasteiger charge is 2.34. The summed E-state index contributed by atoms with van der Waals surface area (Å²) in [5.41, 5.74) is 1.10. The molecule has 0 unspecified atom stereocenters. The van der Waals surface area contributed by atoms with Gasteiger partial charge in [0.15, 0.2) is 5.76 Å². The molecule has 4 heteroatoms. The van der Waals surface area contributed by atoms with Crippen molar-refractivity contribution in [2.45, 2.75) is 38.8 Å². The number of carbonyl (C=O) groups excluding carboxylic acids is 1. The highest BCUT2D eigenvalue weighted by molar-refractivity contribution is 5.92. The first-order valence-corrected chi connectivity index (χ1v) is 7.06. The van der Waals surface area contributed by atoms with Crippen LogP contribution in [0.5, 0.6) is 0 Å². The largest absolute Gasteiger partial charge is 0.456 e. The van der Waals surface area contributed by atoms with Crippen LogP contribution in [0, 0.1) is 0 Å². The van der Waals surface area contributed by atoms with Crippen LogP contribution in [0.4, 0.5) is 0 Å². The van der Waals surface area contributed by atoms with Crippen LogP contribution in [0.2, 0.25) is 0 Å². The van der Waals surface area contributed by atoms with Crippen LogP contribution in [-0.4, -0.2) is 21.8 Å². The Morgan fingerprint density at radius 1 is 1.30 bits per heavy atom. The number of nitrogens with zero attached hydrogens (tertiary/aromatic N) is 2. The highest BCUT2D eigenvalue weighted by Crippen LogP contribution is 2.30. The first kappa shape index (κ1) is 12.9. The van der Waals surface area contributed by atoms with E-state index < -0.39 is 0 Å². The first-order valence-electron chi connectivity index (χ1n) is 7.06. The monoisotopic (exact) mass is 270 g/mol. The maximum absolute atomic E-state index is 12.6. The molecule has 2 heterocycles. The van der Waals surface area contributed by atoms with Crippen molar-refractivity contribution in [3.63, 3.8) is 0 Å². The van der Waals surface area contributed by atoms with E-state index in [0.717, 1.165) is 30.6 Å². The molecule has 0 atom stereocenters. The Labute approximate surface area is 118 Å². The lowest BCUT2D eigenvalue weighted by Crippen LogP contribution is -2.32. The van der Waals surface area contributed by atoms with Crippen molar-refractivity contribution < 1.29 is 9.21 Å². The Balaban J connectivity index is 1.78. The summed E-state index contributed by atoms with van der Waals surface area (Å²) in [6.45, 7) is 2.64. The molecule has 1 aliphatic carbocycles. The molecule has 0 bridgehead atoms. The molecule has 0 spiro atoms. The van der Waals surface area contributed by atoms with Crippen molar-refractivity contribution in [1.82, 2.24) is 9.88 Å². The van der Waals surface area contributed by atoms with Crippen LogP contribution in [0.25, 0.3) is 0 Å². The van der Waals surface area contributed by atoms with E-state index in [0.29, 0.717) is 18.3 Å². The average molecular weight is 270 g/mol. The SMILES string of the molecule is CCc1ccc(C(=O)N(Cc2ccncc2)C2CC2)o1. The van der Waals surface area contributed by atoms with Gasteiger partial charge in [0.2, 0.25) is 0 Å². The summed E-state index contributed by atoms with van der Waals surface area (Å²) < 4.78 is 5.59. The van der Waals surface area contributed by atoms with Crippen LogP contribution in [0.15, 0.2) is 41.1 Å². The van der Waals surface area contributed by atoms with Gasteiger partial charge in [-0.3, -0.25) is 9.78 Å². The normalized spacial score (nSPS) is 14.2. The van der Waals surface area contributed by atoms with Crippen molar-refractivity contribution >= 4 is 5.91 Å². The van der Waals surface area contributed by atoms with Gasteiger partial charge in [0.1, 0.15) is 5.76 Å². The van der Waals surface area contributed by atoms with Crippen LogP contribution >= 0.6 is 0 Å². The molecular formula is C16H18N2O2. The summed E-state index contributed by atoms with van der Waals surface area (Å²) in [5, 5.41) is 0. The van der Waals surface area contributed by atoms with Crippen molar-refractivity contribution in [3.8, 4) is 0 Å². The van der Waals surface area contributed by atoms with Gasteiger partial charge in [-0.05, 0) is 42.7 Å². The Kier molecular flexibility index (Phi) is 3.54. The van der Waals surface area contributed by atoms with Gasteiger partial charge in [0.25, 0.3) is 5.91 Å². The zero-order valence-corrected chi connectivity index (χ0v) is 11.6. The number of hydrogen-bond acceptors (Lipinski definition) is 3. The molecule has 0 N–H and O–H groups in total. The molecule has 104 valence electrons. The van der Waals surface area contributed by atoms with E-state index in [2.05, 4.69) is 4.98 Å². The number of amides is 1. The summed E-state index contributed by atoms with van der Waals surface area (Å²) in [6.07, 6.45) is 6.48. The van der Waals surface area contributed by atoms with E-state index in [1.165, 1.54) is 0 Å². The Bertz CT molecular complexity index is 588. The summed E-state index contributed by atoms with van der Waals surface area (Å²) in [6, 6.07) is 7.91.